The van der Waals surface area contributed by atoms with Crippen LogP contribution in [0.2, 0.25) is 0 Å². The third-order valence-corrected chi connectivity index (χ3v) is 5.82. The number of hydrogen-bond donors (Lipinski definition) is 2. The fourth-order valence-electron chi connectivity index (χ4n) is 3.31. The molecule has 1 amide bonds. The van der Waals surface area contributed by atoms with Crippen LogP contribution in [0, 0.1) is 0 Å². The standard InChI is InChI=1S/C19H21N3OS/c1-13(22-8-6-18-15(12-22)7-9-24-18)11-20-19(23)17-10-14-4-2-3-5-16(14)21-17/h2-5,7,9-10,13,21H,6,8,11-12H2,1H3,(H,20,23)/t13-/m0/s1. The molecule has 1 aromatic carbocycles. The Morgan fingerprint density at radius 1 is 1.38 bits per heavy atom. The lowest BCUT2D eigenvalue weighted by Gasteiger charge is -2.32. The molecule has 24 heavy (non-hydrogen) atoms. The molecule has 1 aliphatic heterocycles. The molecule has 0 unspecified atom stereocenters. The molecule has 0 aliphatic carbocycles. The molecule has 0 radical (unpaired) electrons. The first-order valence-electron chi connectivity index (χ1n) is 8.36. The maximum absolute atomic E-state index is 12.4. The van der Waals surface area contributed by atoms with Crippen molar-refractivity contribution in [2.45, 2.75) is 25.9 Å². The second-order valence-electron chi connectivity index (χ2n) is 6.42. The van der Waals surface area contributed by atoms with Gasteiger partial charge in [0.05, 0.1) is 0 Å². The lowest BCUT2D eigenvalue weighted by atomic mass is 10.1. The number of aromatic amines is 1. The highest BCUT2D eigenvalue weighted by atomic mass is 32.1. The van der Waals surface area contributed by atoms with Gasteiger partial charge < -0.3 is 10.3 Å². The summed E-state index contributed by atoms with van der Waals surface area (Å²) in [6.45, 7) is 4.90. The fourth-order valence-corrected chi connectivity index (χ4v) is 4.20. The van der Waals surface area contributed by atoms with Crippen molar-refractivity contribution < 1.29 is 4.79 Å². The zero-order valence-electron chi connectivity index (χ0n) is 13.7. The Morgan fingerprint density at radius 3 is 3.12 bits per heavy atom. The van der Waals surface area contributed by atoms with Gasteiger partial charge in [-0.25, -0.2) is 0 Å². The van der Waals surface area contributed by atoms with Crippen LogP contribution in [-0.2, 0) is 13.0 Å². The third kappa shape index (κ3) is 2.97. The molecule has 2 aromatic heterocycles. The van der Waals surface area contributed by atoms with Crippen molar-refractivity contribution in [1.82, 2.24) is 15.2 Å². The first kappa shape index (κ1) is 15.4. The van der Waals surface area contributed by atoms with E-state index >= 15 is 0 Å². The van der Waals surface area contributed by atoms with Crippen molar-refractivity contribution in [2.24, 2.45) is 0 Å². The summed E-state index contributed by atoms with van der Waals surface area (Å²) >= 11 is 1.86. The van der Waals surface area contributed by atoms with E-state index in [2.05, 4.69) is 33.6 Å². The second kappa shape index (κ2) is 6.42. The van der Waals surface area contributed by atoms with Crippen LogP contribution in [0.3, 0.4) is 0 Å². The quantitative estimate of drug-likeness (QED) is 0.765. The molecule has 0 saturated carbocycles. The van der Waals surface area contributed by atoms with E-state index in [4.69, 9.17) is 0 Å². The highest BCUT2D eigenvalue weighted by Gasteiger charge is 2.22. The van der Waals surface area contributed by atoms with Crippen LogP contribution in [0.25, 0.3) is 10.9 Å². The number of carbonyl (C=O) groups excluding carboxylic acids is 1. The monoisotopic (exact) mass is 339 g/mol. The summed E-state index contributed by atoms with van der Waals surface area (Å²) in [6.07, 6.45) is 1.12. The Bertz CT molecular complexity index is 833. The molecule has 0 spiro atoms. The zero-order valence-corrected chi connectivity index (χ0v) is 14.5. The van der Waals surface area contributed by atoms with E-state index in [-0.39, 0.29) is 5.91 Å². The summed E-state index contributed by atoms with van der Waals surface area (Å²) < 4.78 is 0. The van der Waals surface area contributed by atoms with Crippen molar-refractivity contribution >= 4 is 28.1 Å². The normalized spacial score (nSPS) is 16.0. The maximum atomic E-state index is 12.4. The largest absolute Gasteiger partial charge is 0.351 e. The molecular weight excluding hydrogens is 318 g/mol. The van der Waals surface area contributed by atoms with Gasteiger partial charge in [-0.05, 0) is 42.5 Å². The smallest absolute Gasteiger partial charge is 0.267 e. The Labute approximate surface area is 145 Å². The van der Waals surface area contributed by atoms with E-state index < -0.39 is 0 Å². The Morgan fingerprint density at radius 2 is 2.25 bits per heavy atom. The van der Waals surface area contributed by atoms with Gasteiger partial charge in [0.1, 0.15) is 5.69 Å². The molecule has 124 valence electrons. The summed E-state index contributed by atoms with van der Waals surface area (Å²) in [5, 5.41) is 6.31. The minimum absolute atomic E-state index is 0.0359. The fraction of sp³-hybridized carbons (Fsp3) is 0.316. The number of para-hydroxylation sites is 1. The number of amides is 1. The van der Waals surface area contributed by atoms with Gasteiger partial charge in [-0.15, -0.1) is 11.3 Å². The van der Waals surface area contributed by atoms with Crippen LogP contribution in [0.1, 0.15) is 27.9 Å². The van der Waals surface area contributed by atoms with Crippen molar-refractivity contribution in [3.63, 3.8) is 0 Å². The number of benzene rings is 1. The summed E-state index contributed by atoms with van der Waals surface area (Å²) in [7, 11) is 0. The summed E-state index contributed by atoms with van der Waals surface area (Å²) in [5.41, 5.74) is 3.07. The number of rotatable bonds is 4. The summed E-state index contributed by atoms with van der Waals surface area (Å²) in [5.74, 6) is -0.0359. The van der Waals surface area contributed by atoms with E-state index in [0.717, 1.165) is 30.4 Å². The number of carbonyl (C=O) groups is 1. The molecule has 0 bridgehead atoms. The second-order valence-corrected chi connectivity index (χ2v) is 7.42. The molecule has 2 N–H and O–H groups in total. The number of aromatic nitrogens is 1. The van der Waals surface area contributed by atoms with Gasteiger partial charge in [-0.1, -0.05) is 18.2 Å². The lowest BCUT2D eigenvalue weighted by molar-refractivity contribution is 0.0928. The van der Waals surface area contributed by atoms with Crippen molar-refractivity contribution in [2.75, 3.05) is 13.1 Å². The molecule has 0 saturated heterocycles. The number of nitrogens with one attached hydrogen (secondary N) is 2. The van der Waals surface area contributed by atoms with E-state index in [1.165, 1.54) is 10.4 Å². The van der Waals surface area contributed by atoms with Crippen LogP contribution in [-0.4, -0.2) is 34.9 Å². The molecule has 1 atom stereocenters. The minimum Gasteiger partial charge on any atom is -0.351 e. The molecule has 3 heterocycles. The summed E-state index contributed by atoms with van der Waals surface area (Å²) in [4.78, 5) is 19.5. The Hall–Kier alpha value is -2.11. The van der Waals surface area contributed by atoms with Gasteiger partial charge >= 0.3 is 0 Å². The van der Waals surface area contributed by atoms with Gasteiger partial charge in [-0.3, -0.25) is 9.69 Å². The molecular formula is C19H21N3OS. The molecule has 4 nitrogen and oxygen atoms in total. The van der Waals surface area contributed by atoms with Gasteiger partial charge in [0.25, 0.3) is 5.91 Å². The van der Waals surface area contributed by atoms with E-state index in [1.54, 1.807) is 0 Å². The molecule has 4 rings (SSSR count). The van der Waals surface area contributed by atoms with Crippen LogP contribution in [0.4, 0.5) is 0 Å². The number of nitrogens with zero attached hydrogens (tertiary/aromatic N) is 1. The van der Waals surface area contributed by atoms with Crippen molar-refractivity contribution in [1.29, 1.82) is 0 Å². The average molecular weight is 339 g/mol. The lowest BCUT2D eigenvalue weighted by Crippen LogP contribution is -2.44. The average Bonchev–Trinajstić information content (AvgIpc) is 3.24. The van der Waals surface area contributed by atoms with Gasteiger partial charge in [0, 0.05) is 41.5 Å². The van der Waals surface area contributed by atoms with E-state index in [0.29, 0.717) is 18.3 Å². The third-order valence-electron chi connectivity index (χ3n) is 4.79. The van der Waals surface area contributed by atoms with Crippen molar-refractivity contribution in [3.05, 3.63) is 57.9 Å². The molecule has 1 aliphatic rings. The highest BCUT2D eigenvalue weighted by Crippen LogP contribution is 2.25. The Kier molecular flexibility index (Phi) is 4.12. The molecule has 3 aromatic rings. The van der Waals surface area contributed by atoms with E-state index in [1.807, 2.05) is 41.7 Å². The Balaban J connectivity index is 1.37. The van der Waals surface area contributed by atoms with Gasteiger partial charge in [0.15, 0.2) is 0 Å². The van der Waals surface area contributed by atoms with Gasteiger partial charge in [-0.2, -0.15) is 0 Å². The van der Waals surface area contributed by atoms with Gasteiger partial charge in [0.2, 0.25) is 0 Å². The number of hydrogen-bond acceptors (Lipinski definition) is 3. The summed E-state index contributed by atoms with van der Waals surface area (Å²) in [6, 6.07) is 12.4. The van der Waals surface area contributed by atoms with Crippen molar-refractivity contribution in [3.8, 4) is 0 Å². The highest BCUT2D eigenvalue weighted by molar-refractivity contribution is 7.10. The number of H-pyrrole nitrogens is 1. The first-order valence-corrected chi connectivity index (χ1v) is 9.24. The SMILES string of the molecule is C[C@@H](CNC(=O)c1cc2ccccc2[nH]1)N1CCc2sccc2C1. The number of thiophene rings is 1. The minimum atomic E-state index is -0.0359. The van der Waals surface area contributed by atoms with Crippen LogP contribution in [0.15, 0.2) is 41.8 Å². The molecule has 0 fully saturated rings. The zero-order chi connectivity index (χ0) is 16.5. The topological polar surface area (TPSA) is 48.1 Å². The van der Waals surface area contributed by atoms with E-state index in [9.17, 15) is 4.79 Å². The predicted octanol–water partition coefficient (Wildman–Crippen LogP) is 3.41. The molecule has 5 heteroatoms. The van der Waals surface area contributed by atoms with Crippen LogP contribution in [0.5, 0.6) is 0 Å². The maximum Gasteiger partial charge on any atom is 0.267 e. The van der Waals surface area contributed by atoms with Crippen LogP contribution < -0.4 is 5.32 Å². The first-order chi connectivity index (χ1) is 11.7. The number of fused-ring (bicyclic) bond motifs is 2. The van der Waals surface area contributed by atoms with Crippen LogP contribution >= 0.6 is 11.3 Å². The predicted molar refractivity (Wildman–Crippen MR) is 98.5 cm³/mol.